The van der Waals surface area contributed by atoms with Gasteiger partial charge in [-0.25, -0.2) is 0 Å². The zero-order chi connectivity index (χ0) is 14.2. The van der Waals surface area contributed by atoms with E-state index >= 15 is 0 Å². The Bertz CT molecular complexity index is 455. The first-order valence-corrected chi connectivity index (χ1v) is 8.03. The van der Waals surface area contributed by atoms with Gasteiger partial charge in [0.25, 0.3) is 0 Å². The highest BCUT2D eigenvalue weighted by Gasteiger charge is 2.15. The Hall–Kier alpha value is -1.22. The molecule has 20 heavy (non-hydrogen) atoms. The summed E-state index contributed by atoms with van der Waals surface area (Å²) in [6, 6.07) is 9.14. The summed E-state index contributed by atoms with van der Waals surface area (Å²) in [5.41, 5.74) is 0.496. The molecule has 1 saturated heterocycles. The van der Waals surface area contributed by atoms with Crippen molar-refractivity contribution in [1.29, 1.82) is 5.26 Å². The van der Waals surface area contributed by atoms with Gasteiger partial charge in [-0.3, -0.25) is 0 Å². The number of hydrogen-bond acceptors (Lipinski definition) is 5. The van der Waals surface area contributed by atoms with Crippen LogP contribution < -0.4 is 10.1 Å². The molecular formula is C15H20N2O2S. The van der Waals surface area contributed by atoms with Crippen molar-refractivity contribution in [3.8, 4) is 11.8 Å². The number of aliphatic hydroxyl groups is 1. The van der Waals surface area contributed by atoms with Crippen molar-refractivity contribution in [2.75, 3.05) is 31.2 Å². The Morgan fingerprint density at radius 3 is 3.10 bits per heavy atom. The predicted molar refractivity (Wildman–Crippen MR) is 81.0 cm³/mol. The molecule has 1 aromatic rings. The molecule has 0 aliphatic carbocycles. The fourth-order valence-corrected chi connectivity index (χ4v) is 3.41. The summed E-state index contributed by atoms with van der Waals surface area (Å²) < 4.78 is 5.50. The smallest absolute Gasteiger partial charge is 0.137 e. The van der Waals surface area contributed by atoms with Crippen LogP contribution in [0.1, 0.15) is 12.0 Å². The minimum Gasteiger partial charge on any atom is -0.489 e. The van der Waals surface area contributed by atoms with Gasteiger partial charge in [-0.05, 0) is 42.5 Å². The van der Waals surface area contributed by atoms with Gasteiger partial charge in [0.15, 0.2) is 0 Å². The highest BCUT2D eigenvalue weighted by atomic mass is 32.2. The second kappa shape index (κ2) is 8.15. The van der Waals surface area contributed by atoms with E-state index in [4.69, 9.17) is 10.00 Å². The van der Waals surface area contributed by atoms with Gasteiger partial charge in [-0.15, -0.1) is 0 Å². The molecule has 0 radical (unpaired) electrons. The van der Waals surface area contributed by atoms with Crippen LogP contribution in [0.4, 0.5) is 0 Å². The van der Waals surface area contributed by atoms with E-state index in [0.29, 0.717) is 17.9 Å². The molecule has 0 spiro atoms. The fourth-order valence-electron chi connectivity index (χ4n) is 2.13. The molecule has 1 fully saturated rings. The van der Waals surface area contributed by atoms with Gasteiger partial charge in [0.2, 0.25) is 0 Å². The number of para-hydroxylation sites is 1. The van der Waals surface area contributed by atoms with E-state index < -0.39 is 6.10 Å². The summed E-state index contributed by atoms with van der Waals surface area (Å²) in [5.74, 6) is 3.73. The fraction of sp³-hybridized carbons (Fsp3) is 0.533. The number of nitrogens with zero attached hydrogens (tertiary/aromatic N) is 1. The molecule has 2 rings (SSSR count). The van der Waals surface area contributed by atoms with Crippen LogP contribution in [-0.2, 0) is 0 Å². The van der Waals surface area contributed by atoms with E-state index in [1.54, 1.807) is 18.2 Å². The number of thioether (sulfide) groups is 1. The number of nitriles is 1. The van der Waals surface area contributed by atoms with Gasteiger partial charge in [0, 0.05) is 6.54 Å². The van der Waals surface area contributed by atoms with Crippen LogP contribution in [0.5, 0.6) is 5.75 Å². The van der Waals surface area contributed by atoms with Gasteiger partial charge >= 0.3 is 0 Å². The van der Waals surface area contributed by atoms with Crippen molar-refractivity contribution in [2.24, 2.45) is 5.92 Å². The number of aliphatic hydroxyl groups excluding tert-OH is 1. The third-order valence-electron chi connectivity index (χ3n) is 3.28. The van der Waals surface area contributed by atoms with Crippen LogP contribution in [0.2, 0.25) is 0 Å². The summed E-state index contributed by atoms with van der Waals surface area (Å²) in [7, 11) is 0. The molecule has 1 aromatic carbocycles. The lowest BCUT2D eigenvalue weighted by molar-refractivity contribution is 0.105. The number of benzene rings is 1. The molecule has 5 heteroatoms. The largest absolute Gasteiger partial charge is 0.489 e. The number of hydrogen-bond donors (Lipinski definition) is 2. The van der Waals surface area contributed by atoms with Crippen molar-refractivity contribution in [1.82, 2.24) is 5.32 Å². The zero-order valence-corrected chi connectivity index (χ0v) is 12.2. The monoisotopic (exact) mass is 292 g/mol. The van der Waals surface area contributed by atoms with Gasteiger partial charge in [-0.1, -0.05) is 12.1 Å². The molecule has 2 unspecified atom stereocenters. The number of nitrogens with one attached hydrogen (secondary N) is 1. The molecule has 2 atom stereocenters. The summed E-state index contributed by atoms with van der Waals surface area (Å²) in [4.78, 5) is 0. The minimum absolute atomic E-state index is 0.200. The van der Waals surface area contributed by atoms with Crippen molar-refractivity contribution < 1.29 is 9.84 Å². The third kappa shape index (κ3) is 4.71. The van der Waals surface area contributed by atoms with Crippen LogP contribution >= 0.6 is 11.8 Å². The Labute approximate surface area is 124 Å². The molecule has 2 N–H and O–H groups in total. The molecule has 4 nitrogen and oxygen atoms in total. The Morgan fingerprint density at radius 1 is 1.50 bits per heavy atom. The minimum atomic E-state index is -0.559. The summed E-state index contributed by atoms with van der Waals surface area (Å²) in [6.07, 6.45) is 0.704. The van der Waals surface area contributed by atoms with Crippen molar-refractivity contribution in [3.63, 3.8) is 0 Å². The normalized spacial score (nSPS) is 19.5. The quantitative estimate of drug-likeness (QED) is 0.800. The second-order valence-corrected chi connectivity index (χ2v) is 6.11. The van der Waals surface area contributed by atoms with Gasteiger partial charge < -0.3 is 15.2 Å². The summed E-state index contributed by atoms with van der Waals surface area (Å²) in [5, 5.41) is 22.1. The van der Waals surface area contributed by atoms with E-state index in [-0.39, 0.29) is 6.61 Å². The second-order valence-electron chi connectivity index (χ2n) is 4.96. The molecule has 1 aliphatic rings. The van der Waals surface area contributed by atoms with Gasteiger partial charge in [0.05, 0.1) is 5.56 Å². The number of rotatable bonds is 7. The van der Waals surface area contributed by atoms with Crippen molar-refractivity contribution in [2.45, 2.75) is 12.5 Å². The first kappa shape index (κ1) is 15.2. The molecule has 1 aliphatic heterocycles. The molecule has 0 saturated carbocycles. The van der Waals surface area contributed by atoms with E-state index in [1.165, 1.54) is 17.9 Å². The van der Waals surface area contributed by atoms with Gasteiger partial charge in [0.1, 0.15) is 24.5 Å². The van der Waals surface area contributed by atoms with E-state index in [2.05, 4.69) is 11.4 Å². The van der Waals surface area contributed by atoms with Crippen molar-refractivity contribution >= 4 is 11.8 Å². The van der Waals surface area contributed by atoms with E-state index in [0.717, 1.165) is 12.5 Å². The maximum atomic E-state index is 9.87. The van der Waals surface area contributed by atoms with Crippen molar-refractivity contribution in [3.05, 3.63) is 29.8 Å². The Balaban J connectivity index is 1.66. The van der Waals surface area contributed by atoms with E-state index in [1.807, 2.05) is 17.8 Å². The molecular weight excluding hydrogens is 272 g/mol. The molecule has 108 valence electrons. The van der Waals surface area contributed by atoms with Crippen LogP contribution in [0.25, 0.3) is 0 Å². The van der Waals surface area contributed by atoms with Crippen LogP contribution in [-0.4, -0.2) is 42.4 Å². The average molecular weight is 292 g/mol. The molecule has 0 bridgehead atoms. The van der Waals surface area contributed by atoms with Crippen LogP contribution in [0, 0.1) is 17.2 Å². The van der Waals surface area contributed by atoms with Crippen LogP contribution in [0.3, 0.4) is 0 Å². The number of ether oxygens (including phenoxy) is 1. The molecule has 0 aromatic heterocycles. The summed E-state index contributed by atoms with van der Waals surface area (Å²) >= 11 is 1.99. The third-order valence-corrected chi connectivity index (χ3v) is 4.51. The maximum absolute atomic E-state index is 9.87. The predicted octanol–water partition coefficient (Wildman–Crippen LogP) is 1.64. The first-order valence-electron chi connectivity index (χ1n) is 6.88. The standard InChI is InChI=1S/C15H20N2O2S/c16-7-13-3-1-2-4-15(13)19-10-14(18)9-17-8-12-5-6-20-11-12/h1-4,12,14,17-18H,5-6,8-11H2. The SMILES string of the molecule is N#Cc1ccccc1OCC(O)CNCC1CCSC1. The lowest BCUT2D eigenvalue weighted by atomic mass is 10.1. The highest BCUT2D eigenvalue weighted by molar-refractivity contribution is 7.99. The van der Waals surface area contributed by atoms with Crippen LogP contribution in [0.15, 0.2) is 24.3 Å². The topological polar surface area (TPSA) is 65.3 Å². The van der Waals surface area contributed by atoms with Gasteiger partial charge in [-0.2, -0.15) is 17.0 Å². The zero-order valence-electron chi connectivity index (χ0n) is 11.4. The molecule has 1 heterocycles. The first-order chi connectivity index (χ1) is 9.79. The summed E-state index contributed by atoms with van der Waals surface area (Å²) in [6.45, 7) is 1.68. The molecule has 0 amide bonds. The average Bonchev–Trinajstić information content (AvgIpc) is 2.98. The lowest BCUT2D eigenvalue weighted by Gasteiger charge is -2.15. The van der Waals surface area contributed by atoms with E-state index in [9.17, 15) is 5.11 Å². The maximum Gasteiger partial charge on any atom is 0.137 e. The highest BCUT2D eigenvalue weighted by Crippen LogP contribution is 2.22. The Kier molecular flexibility index (Phi) is 6.19. The Morgan fingerprint density at radius 2 is 2.35 bits per heavy atom. The lowest BCUT2D eigenvalue weighted by Crippen LogP contribution is -2.34.